The zero-order valence-corrected chi connectivity index (χ0v) is 51.3. The smallest absolute Gasteiger partial charge is 0.306 e. The average molecular weight is 1090 g/mol. The van der Waals surface area contributed by atoms with Crippen molar-refractivity contribution in [3.05, 3.63) is 134 Å². The monoisotopic (exact) mass is 1090 g/mol. The van der Waals surface area contributed by atoms with Crippen LogP contribution in [0.5, 0.6) is 0 Å². The molecule has 6 nitrogen and oxygen atoms in total. The lowest BCUT2D eigenvalue weighted by molar-refractivity contribution is -0.167. The van der Waals surface area contributed by atoms with Gasteiger partial charge in [0.2, 0.25) is 0 Å². The summed E-state index contributed by atoms with van der Waals surface area (Å²) in [4.78, 5) is 38.2. The van der Waals surface area contributed by atoms with E-state index >= 15 is 0 Å². The minimum atomic E-state index is -0.801. The largest absolute Gasteiger partial charge is 0.462 e. The van der Waals surface area contributed by atoms with Crippen LogP contribution in [0.2, 0.25) is 0 Å². The molecule has 0 aromatic carbocycles. The zero-order valence-electron chi connectivity index (χ0n) is 51.3. The summed E-state index contributed by atoms with van der Waals surface area (Å²) in [6.45, 7) is 6.44. The fraction of sp³-hybridized carbons (Fsp3) is 0.658. The van der Waals surface area contributed by atoms with Crippen LogP contribution in [0.25, 0.3) is 0 Å². The third-order valence-corrected chi connectivity index (χ3v) is 13.6. The minimum absolute atomic E-state index is 0.0970. The molecule has 79 heavy (non-hydrogen) atoms. The normalized spacial score (nSPS) is 13.0. The molecule has 0 bridgehead atoms. The first-order valence-corrected chi connectivity index (χ1v) is 32.7. The summed E-state index contributed by atoms with van der Waals surface area (Å²) < 4.78 is 16.8. The van der Waals surface area contributed by atoms with Crippen LogP contribution in [0, 0.1) is 0 Å². The van der Waals surface area contributed by atoms with Crippen LogP contribution in [0.1, 0.15) is 290 Å². The molecule has 0 aliphatic carbocycles. The van der Waals surface area contributed by atoms with Gasteiger partial charge in [-0.3, -0.25) is 14.4 Å². The first-order valence-electron chi connectivity index (χ1n) is 32.7. The van der Waals surface area contributed by atoms with Gasteiger partial charge < -0.3 is 14.2 Å². The SMILES string of the molecule is CC/C=C\C/C=C\C/C=C\C/C=C\C/C=C\C/C=C\C/C=C\C/C=C\C/C=C\C/C=C\CCCCC(=O)OCC(COC(=O)CCCCCCC/C=C\CCC)OC(=O)CCCCCCCCCCCCCCCCCCCC. The van der Waals surface area contributed by atoms with Crippen molar-refractivity contribution in [3.8, 4) is 0 Å². The molecule has 0 saturated heterocycles. The third-order valence-electron chi connectivity index (χ3n) is 13.6. The molecular formula is C73H120O6. The Morgan fingerprint density at radius 2 is 0.519 bits per heavy atom. The van der Waals surface area contributed by atoms with Crippen molar-refractivity contribution >= 4 is 17.9 Å². The Bertz CT molecular complexity index is 1680. The molecular weight excluding hydrogens is 973 g/mol. The standard InChI is InChI=1S/C73H120O6/c1-4-7-10-13-16-19-22-24-26-28-30-31-32-33-34-35-36-37-38-39-40-41-42-43-44-46-47-49-51-54-57-60-63-66-72(75)78-69-70(68-77-71(74)65-62-59-56-53-21-18-15-12-9-6-3)79-73(76)67-64-61-58-55-52-50-48-45-29-27-25-23-20-17-14-11-8-5-2/h7,10,12,15-16,19,24,26,30-31,33-34,36-37,39-40,42-43,46-47,51,54,70H,4-6,8-9,11,13-14,17-18,20-23,25,27-29,32,35,38,41,44-45,48-50,52-53,55-69H2,1-3H3/b10-7-,15-12-,19-16-,26-24-,31-30-,34-33-,37-36-,40-39-,43-42-,47-46-,54-51-. The highest BCUT2D eigenvalue weighted by molar-refractivity contribution is 5.71. The highest BCUT2D eigenvalue weighted by Gasteiger charge is 2.19. The summed E-state index contributed by atoms with van der Waals surface area (Å²) >= 11 is 0. The molecule has 6 heteroatoms. The van der Waals surface area contributed by atoms with Gasteiger partial charge in [0.05, 0.1) is 0 Å². The molecule has 0 aliphatic rings. The topological polar surface area (TPSA) is 78.9 Å². The van der Waals surface area contributed by atoms with E-state index in [0.717, 1.165) is 135 Å². The summed E-state index contributed by atoms with van der Waals surface area (Å²) in [6.07, 6.45) is 93.3. The van der Waals surface area contributed by atoms with E-state index in [-0.39, 0.29) is 31.1 Å². The molecule has 0 aliphatic heterocycles. The van der Waals surface area contributed by atoms with Crippen LogP contribution in [-0.2, 0) is 28.6 Å². The molecule has 0 rings (SSSR count). The quantitative estimate of drug-likeness (QED) is 0.0261. The average Bonchev–Trinajstić information content (AvgIpc) is 3.45. The van der Waals surface area contributed by atoms with E-state index in [1.165, 1.54) is 109 Å². The van der Waals surface area contributed by atoms with Gasteiger partial charge in [0.1, 0.15) is 13.2 Å². The van der Waals surface area contributed by atoms with E-state index in [1.807, 2.05) is 0 Å². The third kappa shape index (κ3) is 64.3. The highest BCUT2D eigenvalue weighted by atomic mass is 16.6. The first-order chi connectivity index (χ1) is 39.0. The molecule has 0 N–H and O–H groups in total. The summed E-state index contributed by atoms with van der Waals surface area (Å²) in [5.74, 6) is -0.948. The highest BCUT2D eigenvalue weighted by Crippen LogP contribution is 2.16. The minimum Gasteiger partial charge on any atom is -0.462 e. The molecule has 0 aromatic heterocycles. The molecule has 1 unspecified atom stereocenters. The van der Waals surface area contributed by atoms with Crippen molar-refractivity contribution in [2.75, 3.05) is 13.2 Å². The van der Waals surface area contributed by atoms with Gasteiger partial charge in [0.15, 0.2) is 6.10 Å². The number of rotatable bonds is 58. The Hall–Kier alpha value is -4.45. The Balaban J connectivity index is 4.32. The van der Waals surface area contributed by atoms with Crippen LogP contribution in [0.4, 0.5) is 0 Å². The second-order valence-electron chi connectivity index (χ2n) is 21.3. The van der Waals surface area contributed by atoms with E-state index in [1.54, 1.807) is 0 Å². The van der Waals surface area contributed by atoms with E-state index in [2.05, 4.69) is 154 Å². The maximum Gasteiger partial charge on any atom is 0.306 e. The predicted octanol–water partition coefficient (Wildman–Crippen LogP) is 22.5. The fourth-order valence-corrected chi connectivity index (χ4v) is 8.77. The predicted molar refractivity (Wildman–Crippen MR) is 343 cm³/mol. The summed E-state index contributed by atoms with van der Waals surface area (Å²) in [5, 5.41) is 0. The van der Waals surface area contributed by atoms with Gasteiger partial charge in [0.25, 0.3) is 0 Å². The number of unbranched alkanes of at least 4 members (excludes halogenated alkanes) is 25. The van der Waals surface area contributed by atoms with Crippen molar-refractivity contribution in [2.24, 2.45) is 0 Å². The number of carbonyl (C=O) groups excluding carboxylic acids is 3. The molecule has 1 atom stereocenters. The van der Waals surface area contributed by atoms with E-state index in [9.17, 15) is 14.4 Å². The lowest BCUT2D eigenvalue weighted by atomic mass is 10.0. The van der Waals surface area contributed by atoms with Gasteiger partial charge in [-0.1, -0.05) is 289 Å². The maximum atomic E-state index is 12.9. The summed E-state index contributed by atoms with van der Waals surface area (Å²) in [6, 6.07) is 0. The van der Waals surface area contributed by atoms with Crippen molar-refractivity contribution in [2.45, 2.75) is 297 Å². The molecule has 0 saturated carbocycles. The van der Waals surface area contributed by atoms with E-state index in [4.69, 9.17) is 14.2 Å². The number of esters is 3. The number of hydrogen-bond donors (Lipinski definition) is 0. The Morgan fingerprint density at radius 1 is 0.266 bits per heavy atom. The fourth-order valence-electron chi connectivity index (χ4n) is 8.77. The molecule has 0 aromatic rings. The van der Waals surface area contributed by atoms with Crippen LogP contribution in [0.3, 0.4) is 0 Å². The summed E-state index contributed by atoms with van der Waals surface area (Å²) in [7, 11) is 0. The number of hydrogen-bond acceptors (Lipinski definition) is 6. The molecule has 0 radical (unpaired) electrons. The molecule has 0 spiro atoms. The van der Waals surface area contributed by atoms with Crippen molar-refractivity contribution < 1.29 is 28.6 Å². The summed E-state index contributed by atoms with van der Waals surface area (Å²) in [5.41, 5.74) is 0. The van der Waals surface area contributed by atoms with Gasteiger partial charge in [-0.25, -0.2) is 0 Å². The number of allylic oxidation sites excluding steroid dienone is 22. The lowest BCUT2D eigenvalue weighted by Gasteiger charge is -2.18. The van der Waals surface area contributed by atoms with Crippen LogP contribution >= 0.6 is 0 Å². The van der Waals surface area contributed by atoms with Crippen molar-refractivity contribution in [1.29, 1.82) is 0 Å². The van der Waals surface area contributed by atoms with Crippen molar-refractivity contribution in [1.82, 2.24) is 0 Å². The molecule has 448 valence electrons. The van der Waals surface area contributed by atoms with E-state index < -0.39 is 6.10 Å². The molecule has 0 heterocycles. The zero-order chi connectivity index (χ0) is 57.1. The van der Waals surface area contributed by atoms with Crippen LogP contribution < -0.4 is 0 Å². The number of carbonyl (C=O) groups is 3. The van der Waals surface area contributed by atoms with Crippen molar-refractivity contribution in [3.63, 3.8) is 0 Å². The first kappa shape index (κ1) is 74.5. The van der Waals surface area contributed by atoms with Gasteiger partial charge in [0, 0.05) is 19.3 Å². The Morgan fingerprint density at radius 3 is 0.861 bits per heavy atom. The van der Waals surface area contributed by atoms with Gasteiger partial charge in [-0.05, 0) is 116 Å². The van der Waals surface area contributed by atoms with Gasteiger partial charge in [-0.15, -0.1) is 0 Å². The maximum absolute atomic E-state index is 12.9. The van der Waals surface area contributed by atoms with E-state index in [0.29, 0.717) is 25.7 Å². The molecule has 0 fully saturated rings. The van der Waals surface area contributed by atoms with Gasteiger partial charge in [-0.2, -0.15) is 0 Å². The number of ether oxygens (including phenoxy) is 3. The lowest BCUT2D eigenvalue weighted by Crippen LogP contribution is -2.30. The molecule has 0 amide bonds. The Labute approximate surface area is 487 Å². The van der Waals surface area contributed by atoms with Crippen LogP contribution in [0.15, 0.2) is 134 Å². The van der Waals surface area contributed by atoms with Gasteiger partial charge >= 0.3 is 17.9 Å². The van der Waals surface area contributed by atoms with Crippen LogP contribution in [-0.4, -0.2) is 37.2 Å². The second-order valence-corrected chi connectivity index (χ2v) is 21.3. The Kier molecular flexibility index (Phi) is 62.3. The second kappa shape index (κ2) is 66.1.